The van der Waals surface area contributed by atoms with E-state index in [2.05, 4.69) is 4.90 Å². The van der Waals surface area contributed by atoms with Gasteiger partial charge in [-0.3, -0.25) is 9.69 Å². The van der Waals surface area contributed by atoms with Gasteiger partial charge < -0.3 is 5.11 Å². The second kappa shape index (κ2) is 4.00. The minimum absolute atomic E-state index is 0.0595. The predicted octanol–water partition coefficient (Wildman–Crippen LogP) is -0.0315. The van der Waals surface area contributed by atoms with Crippen molar-refractivity contribution in [2.45, 2.75) is 31.3 Å². The molecule has 16 heavy (non-hydrogen) atoms. The molecule has 2 bridgehead atoms. The van der Waals surface area contributed by atoms with Crippen molar-refractivity contribution in [2.24, 2.45) is 5.92 Å². The monoisotopic (exact) mass is 247 g/mol. The van der Waals surface area contributed by atoms with Crippen LogP contribution in [0.15, 0.2) is 0 Å². The van der Waals surface area contributed by atoms with Crippen LogP contribution in [-0.2, 0) is 14.6 Å². The number of carboxylic acids is 1. The van der Waals surface area contributed by atoms with Crippen LogP contribution in [0.5, 0.6) is 0 Å². The van der Waals surface area contributed by atoms with E-state index in [0.29, 0.717) is 13.0 Å². The molecule has 0 aromatic heterocycles. The minimum atomic E-state index is -2.96. The second-order valence-corrected chi connectivity index (χ2v) is 7.11. The molecule has 92 valence electrons. The van der Waals surface area contributed by atoms with Crippen LogP contribution in [0, 0.1) is 5.92 Å². The topological polar surface area (TPSA) is 74.7 Å². The van der Waals surface area contributed by atoms with Gasteiger partial charge in [-0.25, -0.2) is 8.42 Å². The van der Waals surface area contributed by atoms with E-state index in [1.54, 1.807) is 0 Å². The molecule has 0 amide bonds. The first-order valence-electron chi connectivity index (χ1n) is 5.55. The van der Waals surface area contributed by atoms with Crippen molar-refractivity contribution in [1.82, 2.24) is 4.90 Å². The Hall–Kier alpha value is -0.620. The van der Waals surface area contributed by atoms with Gasteiger partial charge in [0, 0.05) is 24.9 Å². The summed E-state index contributed by atoms with van der Waals surface area (Å²) in [6.07, 6.45) is 3.81. The maximum atomic E-state index is 11.1. The van der Waals surface area contributed by atoms with Crippen molar-refractivity contribution in [3.63, 3.8) is 0 Å². The van der Waals surface area contributed by atoms with Crippen molar-refractivity contribution in [3.8, 4) is 0 Å². The van der Waals surface area contributed by atoms with Crippen LogP contribution in [0.4, 0.5) is 0 Å². The summed E-state index contributed by atoms with van der Waals surface area (Å²) in [5, 5.41) is 9.04. The number of aliphatic carboxylic acids is 1. The van der Waals surface area contributed by atoms with Gasteiger partial charge in [0.15, 0.2) is 0 Å². The molecular weight excluding hydrogens is 230 g/mol. The summed E-state index contributed by atoms with van der Waals surface area (Å²) in [6, 6.07) is 0.345. The van der Waals surface area contributed by atoms with Crippen molar-refractivity contribution in [3.05, 3.63) is 0 Å². The molecule has 2 fully saturated rings. The third-order valence-corrected chi connectivity index (χ3v) is 4.64. The van der Waals surface area contributed by atoms with Crippen molar-refractivity contribution in [1.29, 1.82) is 0 Å². The summed E-state index contributed by atoms with van der Waals surface area (Å²) >= 11 is 0. The Morgan fingerprint density at radius 1 is 1.44 bits per heavy atom. The normalized spacial score (nSPS) is 34.4. The largest absolute Gasteiger partial charge is 0.481 e. The van der Waals surface area contributed by atoms with Crippen LogP contribution in [0.25, 0.3) is 0 Å². The molecule has 0 radical (unpaired) electrons. The summed E-state index contributed by atoms with van der Waals surface area (Å²) in [5.74, 6) is -0.901. The maximum absolute atomic E-state index is 11.1. The van der Waals surface area contributed by atoms with Gasteiger partial charge >= 0.3 is 5.97 Å². The molecule has 0 aliphatic carbocycles. The highest BCUT2D eigenvalue weighted by Gasteiger charge is 2.48. The highest BCUT2D eigenvalue weighted by Crippen LogP contribution is 2.41. The first-order chi connectivity index (χ1) is 7.38. The molecule has 6 heteroatoms. The first-order valence-corrected chi connectivity index (χ1v) is 7.61. The molecular formula is C10H17NO4S. The van der Waals surface area contributed by atoms with Gasteiger partial charge in [0.25, 0.3) is 0 Å². The number of hydrogen-bond acceptors (Lipinski definition) is 4. The van der Waals surface area contributed by atoms with E-state index in [1.807, 2.05) is 0 Å². The first kappa shape index (κ1) is 11.9. The third kappa shape index (κ3) is 2.22. The van der Waals surface area contributed by atoms with Crippen LogP contribution in [0.3, 0.4) is 0 Å². The van der Waals surface area contributed by atoms with Crippen LogP contribution >= 0.6 is 0 Å². The van der Waals surface area contributed by atoms with Gasteiger partial charge in [-0.1, -0.05) is 0 Å². The number of carboxylic acid groups (broad SMARTS) is 1. The molecule has 2 rings (SSSR count). The summed E-state index contributed by atoms with van der Waals surface area (Å²) in [4.78, 5) is 13.1. The number of nitrogens with zero attached hydrogens (tertiary/aromatic N) is 1. The summed E-state index contributed by atoms with van der Waals surface area (Å²) < 4.78 is 22.2. The van der Waals surface area contributed by atoms with E-state index in [1.165, 1.54) is 6.26 Å². The minimum Gasteiger partial charge on any atom is -0.481 e. The predicted molar refractivity (Wildman–Crippen MR) is 59.0 cm³/mol. The molecule has 2 aliphatic heterocycles. The molecule has 2 saturated heterocycles. The fraction of sp³-hybridized carbons (Fsp3) is 0.900. The van der Waals surface area contributed by atoms with Gasteiger partial charge in [0.05, 0.1) is 11.7 Å². The average Bonchev–Trinajstić information content (AvgIpc) is 2.69. The zero-order valence-electron chi connectivity index (χ0n) is 9.30. The van der Waals surface area contributed by atoms with Crippen molar-refractivity contribution >= 4 is 15.8 Å². The third-order valence-electron chi connectivity index (χ3n) is 3.72. The van der Waals surface area contributed by atoms with Crippen LogP contribution < -0.4 is 0 Å². The average molecular weight is 247 g/mol. The SMILES string of the molecule is CS(=O)(=O)CCN1C2CCC1C(C(=O)O)C2. The molecule has 2 aliphatic rings. The lowest BCUT2D eigenvalue weighted by Gasteiger charge is -2.21. The summed E-state index contributed by atoms with van der Waals surface area (Å²) in [7, 11) is -2.96. The fourth-order valence-corrected chi connectivity index (χ4v) is 3.53. The van der Waals surface area contributed by atoms with Crippen molar-refractivity contribution < 1.29 is 18.3 Å². The molecule has 2 heterocycles. The number of sulfone groups is 1. The van der Waals surface area contributed by atoms with Gasteiger partial charge in [-0.15, -0.1) is 0 Å². The molecule has 0 aromatic rings. The van der Waals surface area contributed by atoms with Gasteiger partial charge in [0.2, 0.25) is 0 Å². The Bertz CT molecular complexity index is 392. The van der Waals surface area contributed by atoms with E-state index in [9.17, 15) is 13.2 Å². The molecule has 0 saturated carbocycles. The van der Waals surface area contributed by atoms with E-state index in [-0.39, 0.29) is 23.8 Å². The summed E-state index contributed by atoms with van der Waals surface area (Å²) in [5.41, 5.74) is 0. The number of hydrogen-bond donors (Lipinski definition) is 1. The van der Waals surface area contributed by atoms with E-state index in [4.69, 9.17) is 5.11 Å². The molecule has 0 spiro atoms. The zero-order valence-corrected chi connectivity index (χ0v) is 10.1. The smallest absolute Gasteiger partial charge is 0.308 e. The fourth-order valence-electron chi connectivity index (χ4n) is 2.99. The van der Waals surface area contributed by atoms with E-state index >= 15 is 0 Å². The highest BCUT2D eigenvalue weighted by atomic mass is 32.2. The van der Waals surface area contributed by atoms with Crippen LogP contribution in [0.2, 0.25) is 0 Å². The molecule has 0 aromatic carbocycles. The van der Waals surface area contributed by atoms with Gasteiger partial charge in [-0.2, -0.15) is 0 Å². The lowest BCUT2D eigenvalue weighted by atomic mass is 9.89. The molecule has 3 atom stereocenters. The van der Waals surface area contributed by atoms with Crippen LogP contribution in [-0.4, -0.2) is 55.0 Å². The Labute approximate surface area is 95.4 Å². The highest BCUT2D eigenvalue weighted by molar-refractivity contribution is 7.90. The lowest BCUT2D eigenvalue weighted by Crippen LogP contribution is -2.36. The Balaban J connectivity index is 2.00. The summed E-state index contributed by atoms with van der Waals surface area (Å²) in [6.45, 7) is 0.484. The van der Waals surface area contributed by atoms with Crippen LogP contribution in [0.1, 0.15) is 19.3 Å². The quantitative estimate of drug-likeness (QED) is 0.755. The van der Waals surface area contributed by atoms with Gasteiger partial charge in [0.1, 0.15) is 9.84 Å². The Morgan fingerprint density at radius 2 is 2.12 bits per heavy atom. The van der Waals surface area contributed by atoms with Crippen molar-refractivity contribution in [2.75, 3.05) is 18.6 Å². The Kier molecular flexibility index (Phi) is 2.96. The number of rotatable bonds is 4. The maximum Gasteiger partial charge on any atom is 0.308 e. The lowest BCUT2D eigenvalue weighted by molar-refractivity contribution is -0.142. The second-order valence-electron chi connectivity index (χ2n) is 4.85. The van der Waals surface area contributed by atoms with E-state index < -0.39 is 15.8 Å². The van der Waals surface area contributed by atoms with Gasteiger partial charge in [-0.05, 0) is 19.3 Å². The number of carbonyl (C=O) groups is 1. The molecule has 5 nitrogen and oxygen atoms in total. The number of fused-ring (bicyclic) bond motifs is 2. The molecule has 1 N–H and O–H groups in total. The Morgan fingerprint density at radius 3 is 2.62 bits per heavy atom. The zero-order chi connectivity index (χ0) is 11.9. The van der Waals surface area contributed by atoms with E-state index in [0.717, 1.165) is 12.8 Å². The standard InChI is InChI=1S/C10H17NO4S/c1-16(14,15)5-4-11-7-2-3-9(11)8(6-7)10(12)13/h7-9H,2-6H2,1H3,(H,12,13). The molecule has 3 unspecified atom stereocenters.